The molecule has 21 heavy (non-hydrogen) atoms. The van der Waals surface area contributed by atoms with E-state index in [0.29, 0.717) is 16.8 Å². The molecule has 1 aromatic rings. The van der Waals surface area contributed by atoms with Gasteiger partial charge in [0.2, 0.25) is 0 Å². The van der Waals surface area contributed by atoms with Crippen LogP contribution in [0.2, 0.25) is 0 Å². The molecule has 7 nitrogen and oxygen atoms in total. The van der Waals surface area contributed by atoms with E-state index in [9.17, 15) is 19.5 Å². The first-order valence-corrected chi connectivity index (χ1v) is 6.42. The van der Waals surface area contributed by atoms with Gasteiger partial charge >= 0.3 is 11.9 Å². The molecule has 1 aliphatic heterocycles. The van der Waals surface area contributed by atoms with Crippen LogP contribution in [0.5, 0.6) is 0 Å². The van der Waals surface area contributed by atoms with E-state index in [1.807, 2.05) is 0 Å². The number of anilines is 1. The zero-order valence-corrected chi connectivity index (χ0v) is 11.5. The summed E-state index contributed by atoms with van der Waals surface area (Å²) in [5, 5.41) is 18.2. The van der Waals surface area contributed by atoms with Gasteiger partial charge < -0.3 is 20.8 Å². The van der Waals surface area contributed by atoms with E-state index in [1.54, 1.807) is 18.2 Å². The minimum atomic E-state index is -1.58. The van der Waals surface area contributed by atoms with Crippen LogP contribution in [-0.2, 0) is 16.1 Å². The first-order valence-electron chi connectivity index (χ1n) is 6.42. The third-order valence-electron chi connectivity index (χ3n) is 3.89. The summed E-state index contributed by atoms with van der Waals surface area (Å²) < 4.78 is 0. The average Bonchev–Trinajstić information content (AvgIpc) is 2.75. The van der Waals surface area contributed by atoms with Gasteiger partial charge in [-0.1, -0.05) is 6.07 Å². The summed E-state index contributed by atoms with van der Waals surface area (Å²) >= 11 is 0. The fraction of sp³-hybridized carbons (Fsp3) is 0.357. The first kappa shape index (κ1) is 14.8. The highest BCUT2D eigenvalue weighted by Crippen LogP contribution is 2.34. The molecule has 2 rings (SSSR count). The summed E-state index contributed by atoms with van der Waals surface area (Å²) in [6, 6.07) is 4.86. The molecule has 0 aromatic heterocycles. The van der Waals surface area contributed by atoms with Crippen molar-refractivity contribution in [3.05, 3.63) is 29.3 Å². The number of fused-ring (bicyclic) bond motifs is 1. The molecule has 4 N–H and O–H groups in total. The second-order valence-corrected chi connectivity index (χ2v) is 5.24. The van der Waals surface area contributed by atoms with E-state index in [1.165, 1.54) is 11.8 Å². The average molecular weight is 292 g/mol. The zero-order chi connectivity index (χ0) is 15.8. The Bertz CT molecular complexity index is 628. The summed E-state index contributed by atoms with van der Waals surface area (Å²) in [7, 11) is 0. The molecular weight excluding hydrogens is 276 g/mol. The number of aliphatic carboxylic acids is 2. The van der Waals surface area contributed by atoms with Gasteiger partial charge in [-0.25, -0.2) is 4.79 Å². The SMILES string of the molecule is CC(CCC(=O)O)(C(=O)O)N1Cc2c(N)cccc2C1=O. The van der Waals surface area contributed by atoms with Crippen LogP contribution in [0, 0.1) is 0 Å². The molecule has 112 valence electrons. The Morgan fingerprint density at radius 1 is 1.38 bits per heavy atom. The molecule has 1 aromatic carbocycles. The molecule has 1 amide bonds. The summed E-state index contributed by atoms with van der Waals surface area (Å²) in [6.45, 7) is 1.43. The monoisotopic (exact) mass is 292 g/mol. The Hall–Kier alpha value is -2.57. The van der Waals surface area contributed by atoms with Crippen LogP contribution >= 0.6 is 0 Å². The molecule has 0 bridgehead atoms. The Kier molecular flexibility index (Phi) is 3.59. The minimum Gasteiger partial charge on any atom is -0.481 e. The van der Waals surface area contributed by atoms with Crippen LogP contribution in [-0.4, -0.2) is 38.5 Å². The number of amides is 1. The van der Waals surface area contributed by atoms with Gasteiger partial charge in [0.05, 0.1) is 0 Å². The number of nitrogen functional groups attached to an aromatic ring is 1. The maximum absolute atomic E-state index is 12.4. The number of nitrogens with two attached hydrogens (primary N) is 1. The molecule has 0 aliphatic carbocycles. The maximum Gasteiger partial charge on any atom is 0.329 e. The third-order valence-corrected chi connectivity index (χ3v) is 3.89. The Morgan fingerprint density at radius 3 is 2.57 bits per heavy atom. The van der Waals surface area contributed by atoms with E-state index < -0.39 is 23.4 Å². The van der Waals surface area contributed by atoms with Crippen LogP contribution in [0.1, 0.15) is 35.7 Å². The number of carboxylic acid groups (broad SMARTS) is 2. The zero-order valence-electron chi connectivity index (χ0n) is 11.5. The van der Waals surface area contributed by atoms with Crippen LogP contribution in [0.25, 0.3) is 0 Å². The lowest BCUT2D eigenvalue weighted by atomic mass is 9.93. The smallest absolute Gasteiger partial charge is 0.329 e. The van der Waals surface area contributed by atoms with Crippen LogP contribution in [0.3, 0.4) is 0 Å². The van der Waals surface area contributed by atoms with Crippen molar-refractivity contribution in [1.82, 2.24) is 4.90 Å². The number of carbonyl (C=O) groups is 3. The summed E-state index contributed by atoms with van der Waals surface area (Å²) in [5.74, 6) is -2.78. The van der Waals surface area contributed by atoms with Gasteiger partial charge in [0.15, 0.2) is 0 Å². The molecular formula is C14H16N2O5. The van der Waals surface area contributed by atoms with Crippen LogP contribution in [0.4, 0.5) is 5.69 Å². The fourth-order valence-corrected chi connectivity index (χ4v) is 2.46. The number of rotatable bonds is 5. The lowest BCUT2D eigenvalue weighted by molar-refractivity contribution is -0.150. The Balaban J connectivity index is 2.36. The normalized spacial score (nSPS) is 16.4. The molecule has 0 spiro atoms. The largest absolute Gasteiger partial charge is 0.481 e. The summed E-state index contributed by atoms with van der Waals surface area (Å²) in [4.78, 5) is 35.9. The maximum atomic E-state index is 12.4. The van der Waals surface area contributed by atoms with Gasteiger partial charge in [-0.2, -0.15) is 0 Å². The number of benzene rings is 1. The van der Waals surface area contributed by atoms with Gasteiger partial charge in [-0.05, 0) is 25.5 Å². The highest BCUT2D eigenvalue weighted by atomic mass is 16.4. The van der Waals surface area contributed by atoms with Crippen molar-refractivity contribution in [2.45, 2.75) is 31.8 Å². The van der Waals surface area contributed by atoms with Gasteiger partial charge in [0, 0.05) is 29.8 Å². The number of hydrogen-bond donors (Lipinski definition) is 3. The number of carbonyl (C=O) groups excluding carboxylic acids is 1. The van der Waals surface area contributed by atoms with Gasteiger partial charge in [0.25, 0.3) is 5.91 Å². The molecule has 0 saturated heterocycles. The van der Waals surface area contributed by atoms with Gasteiger partial charge in [-0.15, -0.1) is 0 Å². The van der Waals surface area contributed by atoms with E-state index in [-0.39, 0.29) is 19.4 Å². The Labute approximate surface area is 121 Å². The van der Waals surface area contributed by atoms with E-state index in [4.69, 9.17) is 10.8 Å². The van der Waals surface area contributed by atoms with Crippen molar-refractivity contribution >= 4 is 23.5 Å². The van der Waals surface area contributed by atoms with Crippen molar-refractivity contribution < 1.29 is 24.6 Å². The number of carboxylic acids is 2. The van der Waals surface area contributed by atoms with E-state index in [0.717, 1.165) is 0 Å². The predicted molar refractivity (Wildman–Crippen MR) is 73.6 cm³/mol. The van der Waals surface area contributed by atoms with Crippen molar-refractivity contribution in [3.63, 3.8) is 0 Å². The quantitative estimate of drug-likeness (QED) is 0.694. The molecule has 1 aliphatic rings. The van der Waals surface area contributed by atoms with Crippen molar-refractivity contribution in [2.75, 3.05) is 5.73 Å². The first-order chi connectivity index (χ1) is 9.77. The van der Waals surface area contributed by atoms with Crippen molar-refractivity contribution in [2.24, 2.45) is 0 Å². The third kappa shape index (κ3) is 2.42. The fourth-order valence-electron chi connectivity index (χ4n) is 2.46. The number of hydrogen-bond acceptors (Lipinski definition) is 4. The topological polar surface area (TPSA) is 121 Å². The minimum absolute atomic E-state index is 0.0727. The second kappa shape index (κ2) is 5.08. The predicted octanol–water partition coefficient (Wildman–Crippen LogP) is 0.933. The molecule has 1 heterocycles. The lowest BCUT2D eigenvalue weighted by Crippen LogP contribution is -2.52. The summed E-state index contributed by atoms with van der Waals surface area (Å²) in [5.41, 5.74) is 5.62. The lowest BCUT2D eigenvalue weighted by Gasteiger charge is -2.34. The highest BCUT2D eigenvalue weighted by Gasteiger charge is 2.46. The molecule has 1 atom stereocenters. The van der Waals surface area contributed by atoms with Crippen molar-refractivity contribution in [3.8, 4) is 0 Å². The highest BCUT2D eigenvalue weighted by molar-refractivity contribution is 6.02. The standard InChI is InChI=1S/C14H16N2O5/c1-14(13(20)21,6-5-11(17)18)16-7-9-8(12(16)19)3-2-4-10(9)15/h2-4H,5-7,15H2,1H3,(H,17,18)(H,20,21). The second-order valence-electron chi connectivity index (χ2n) is 5.24. The molecule has 0 fully saturated rings. The van der Waals surface area contributed by atoms with Crippen LogP contribution in [0.15, 0.2) is 18.2 Å². The van der Waals surface area contributed by atoms with Crippen LogP contribution < -0.4 is 5.73 Å². The van der Waals surface area contributed by atoms with Gasteiger partial charge in [0.1, 0.15) is 5.54 Å². The molecule has 0 radical (unpaired) electrons. The van der Waals surface area contributed by atoms with Gasteiger partial charge in [-0.3, -0.25) is 9.59 Å². The Morgan fingerprint density at radius 2 is 2.05 bits per heavy atom. The van der Waals surface area contributed by atoms with Crippen molar-refractivity contribution in [1.29, 1.82) is 0 Å². The number of nitrogens with zero attached hydrogens (tertiary/aromatic N) is 1. The summed E-state index contributed by atoms with van der Waals surface area (Å²) in [6.07, 6.45) is -0.504. The molecule has 1 unspecified atom stereocenters. The molecule has 0 saturated carbocycles. The van der Waals surface area contributed by atoms with E-state index in [2.05, 4.69) is 0 Å². The molecule has 7 heteroatoms. The van der Waals surface area contributed by atoms with E-state index >= 15 is 0 Å².